The maximum Gasteiger partial charge on any atom is 0.243 e. The van der Waals surface area contributed by atoms with Crippen molar-refractivity contribution in [1.82, 2.24) is 19.9 Å². The summed E-state index contributed by atoms with van der Waals surface area (Å²) in [6.45, 7) is 0. The summed E-state index contributed by atoms with van der Waals surface area (Å²) in [6, 6.07) is 0.272. The number of H-pyrrole nitrogens is 1. The molecule has 2 heterocycles. The Morgan fingerprint density at radius 3 is 3.00 bits per heavy atom. The van der Waals surface area contributed by atoms with Crippen LogP contribution in [-0.2, 0) is 0 Å². The normalized spacial score (nSPS) is 25.1. The zero-order valence-corrected chi connectivity index (χ0v) is 8.05. The van der Waals surface area contributed by atoms with Crippen LogP contribution in [0.15, 0.2) is 12.7 Å². The number of hydrogen-bond donors (Lipinski definition) is 2. The number of imidazole rings is 1. The van der Waals surface area contributed by atoms with Crippen molar-refractivity contribution in [2.45, 2.75) is 25.0 Å². The number of nitrogens with two attached hydrogens (primary N) is 1. The first kappa shape index (κ1) is 8.60. The summed E-state index contributed by atoms with van der Waals surface area (Å²) in [6.07, 6.45) is 5.00. The van der Waals surface area contributed by atoms with Crippen LogP contribution in [0.2, 0.25) is 0 Å². The van der Waals surface area contributed by atoms with Crippen LogP contribution >= 0.6 is 0 Å². The van der Waals surface area contributed by atoms with E-state index in [0.29, 0.717) is 11.5 Å². The Labute approximate surface area is 85.9 Å². The standard InChI is InChI=1S/C9H11N5O/c10-5-1-6(2-5)15-9-7-8(12-3-11-7)13-4-14-9/h3-6H,1-2,10H2,(H,11,12,13,14). The first-order valence-electron chi connectivity index (χ1n) is 4.89. The topological polar surface area (TPSA) is 89.7 Å². The lowest BCUT2D eigenvalue weighted by molar-refractivity contribution is 0.0973. The van der Waals surface area contributed by atoms with Crippen LogP contribution in [0, 0.1) is 0 Å². The van der Waals surface area contributed by atoms with E-state index in [1.54, 1.807) is 6.33 Å². The van der Waals surface area contributed by atoms with Gasteiger partial charge in [-0.2, -0.15) is 4.98 Å². The van der Waals surface area contributed by atoms with Gasteiger partial charge >= 0.3 is 0 Å². The Bertz CT molecular complexity index is 476. The summed E-state index contributed by atoms with van der Waals surface area (Å²) in [5, 5.41) is 0. The number of nitrogens with zero attached hydrogens (tertiary/aromatic N) is 3. The minimum Gasteiger partial charge on any atom is -0.473 e. The summed E-state index contributed by atoms with van der Waals surface area (Å²) in [7, 11) is 0. The number of nitrogens with one attached hydrogen (secondary N) is 1. The van der Waals surface area contributed by atoms with Gasteiger partial charge in [-0.25, -0.2) is 9.97 Å². The molecule has 0 amide bonds. The zero-order chi connectivity index (χ0) is 10.3. The van der Waals surface area contributed by atoms with E-state index in [1.165, 1.54) is 6.33 Å². The molecule has 2 aromatic heterocycles. The molecule has 1 fully saturated rings. The smallest absolute Gasteiger partial charge is 0.243 e. The van der Waals surface area contributed by atoms with E-state index in [4.69, 9.17) is 10.5 Å². The fourth-order valence-electron chi connectivity index (χ4n) is 1.69. The van der Waals surface area contributed by atoms with Crippen LogP contribution in [0.1, 0.15) is 12.8 Å². The third kappa shape index (κ3) is 1.42. The van der Waals surface area contributed by atoms with Crippen LogP contribution in [0.25, 0.3) is 11.2 Å². The average molecular weight is 205 g/mol. The second-order valence-electron chi connectivity index (χ2n) is 3.75. The molecule has 78 valence electrons. The Morgan fingerprint density at radius 2 is 2.20 bits per heavy atom. The number of ether oxygens (including phenoxy) is 1. The first-order chi connectivity index (χ1) is 7.33. The lowest BCUT2D eigenvalue weighted by atomic mass is 9.90. The molecule has 3 rings (SSSR count). The van der Waals surface area contributed by atoms with Gasteiger partial charge in [0.2, 0.25) is 5.88 Å². The number of aromatic amines is 1. The van der Waals surface area contributed by atoms with E-state index < -0.39 is 0 Å². The fourth-order valence-corrected chi connectivity index (χ4v) is 1.69. The highest BCUT2D eigenvalue weighted by Crippen LogP contribution is 2.26. The van der Waals surface area contributed by atoms with Crippen LogP contribution in [0.4, 0.5) is 0 Å². The summed E-state index contributed by atoms with van der Waals surface area (Å²) >= 11 is 0. The molecule has 0 spiro atoms. The van der Waals surface area contributed by atoms with Crippen LogP contribution in [0.3, 0.4) is 0 Å². The van der Waals surface area contributed by atoms with Crippen LogP contribution < -0.4 is 10.5 Å². The van der Waals surface area contributed by atoms with Crippen molar-refractivity contribution in [3.8, 4) is 5.88 Å². The Balaban J connectivity index is 1.87. The van der Waals surface area contributed by atoms with E-state index in [9.17, 15) is 0 Å². The Morgan fingerprint density at radius 1 is 1.33 bits per heavy atom. The molecule has 1 aliphatic rings. The Kier molecular flexibility index (Phi) is 1.81. The van der Waals surface area contributed by atoms with E-state index >= 15 is 0 Å². The predicted octanol–water partition coefficient (Wildman–Crippen LogP) is 0.221. The van der Waals surface area contributed by atoms with Crippen molar-refractivity contribution < 1.29 is 4.74 Å². The zero-order valence-electron chi connectivity index (χ0n) is 8.05. The maximum atomic E-state index is 5.69. The van der Waals surface area contributed by atoms with Gasteiger partial charge in [0.15, 0.2) is 5.65 Å². The molecule has 0 radical (unpaired) electrons. The van der Waals surface area contributed by atoms with Gasteiger partial charge < -0.3 is 15.5 Å². The monoisotopic (exact) mass is 205 g/mol. The molecule has 3 N–H and O–H groups in total. The summed E-state index contributed by atoms with van der Waals surface area (Å²) in [5.41, 5.74) is 7.06. The van der Waals surface area contributed by atoms with Crippen molar-refractivity contribution in [3.05, 3.63) is 12.7 Å². The molecule has 1 saturated carbocycles. The van der Waals surface area contributed by atoms with Gasteiger partial charge in [-0.1, -0.05) is 0 Å². The third-order valence-electron chi connectivity index (χ3n) is 2.60. The van der Waals surface area contributed by atoms with Gasteiger partial charge in [-0.15, -0.1) is 0 Å². The lowest BCUT2D eigenvalue weighted by Crippen LogP contribution is -2.43. The molecule has 2 aromatic rings. The maximum absolute atomic E-state index is 5.69. The van der Waals surface area contributed by atoms with Crippen molar-refractivity contribution in [2.24, 2.45) is 5.73 Å². The predicted molar refractivity (Wildman–Crippen MR) is 53.3 cm³/mol. The number of aromatic nitrogens is 4. The van der Waals surface area contributed by atoms with Gasteiger partial charge in [0.25, 0.3) is 0 Å². The molecule has 0 atom stereocenters. The number of rotatable bonds is 2. The minimum absolute atomic E-state index is 0.182. The second kappa shape index (κ2) is 3.16. The quantitative estimate of drug-likeness (QED) is 0.732. The van der Waals surface area contributed by atoms with Gasteiger partial charge in [0.05, 0.1) is 6.33 Å². The molecular formula is C9H11N5O. The number of fused-ring (bicyclic) bond motifs is 1. The highest BCUT2D eigenvalue weighted by atomic mass is 16.5. The summed E-state index contributed by atoms with van der Waals surface area (Å²) in [4.78, 5) is 15.1. The van der Waals surface area contributed by atoms with Crippen molar-refractivity contribution in [1.29, 1.82) is 0 Å². The Hall–Kier alpha value is -1.69. The van der Waals surface area contributed by atoms with E-state index in [0.717, 1.165) is 18.4 Å². The van der Waals surface area contributed by atoms with E-state index in [1.807, 2.05) is 0 Å². The highest BCUT2D eigenvalue weighted by molar-refractivity contribution is 5.74. The number of hydrogen-bond acceptors (Lipinski definition) is 5. The first-order valence-corrected chi connectivity index (χ1v) is 4.89. The molecule has 0 aliphatic heterocycles. The molecule has 0 unspecified atom stereocenters. The van der Waals surface area contributed by atoms with E-state index in [-0.39, 0.29) is 12.1 Å². The average Bonchev–Trinajstić information content (AvgIpc) is 2.64. The molecule has 0 aromatic carbocycles. The molecule has 1 aliphatic carbocycles. The SMILES string of the molecule is NC1CC(Oc2ncnc3nc[nH]c23)C1. The summed E-state index contributed by atoms with van der Waals surface area (Å²) < 4.78 is 5.69. The molecule has 6 heteroatoms. The van der Waals surface area contributed by atoms with E-state index in [2.05, 4.69) is 19.9 Å². The molecule has 0 saturated heterocycles. The molecule has 6 nitrogen and oxygen atoms in total. The summed E-state index contributed by atoms with van der Waals surface area (Å²) in [5.74, 6) is 0.564. The van der Waals surface area contributed by atoms with Gasteiger partial charge in [-0.3, -0.25) is 0 Å². The third-order valence-corrected chi connectivity index (χ3v) is 2.60. The van der Waals surface area contributed by atoms with Crippen LogP contribution in [0.5, 0.6) is 5.88 Å². The van der Waals surface area contributed by atoms with Crippen molar-refractivity contribution in [2.75, 3.05) is 0 Å². The minimum atomic E-state index is 0.182. The molecule has 0 bridgehead atoms. The fraction of sp³-hybridized carbons (Fsp3) is 0.444. The second-order valence-corrected chi connectivity index (χ2v) is 3.75. The van der Waals surface area contributed by atoms with Gasteiger partial charge in [0.1, 0.15) is 17.9 Å². The van der Waals surface area contributed by atoms with Gasteiger partial charge in [-0.05, 0) is 12.8 Å². The lowest BCUT2D eigenvalue weighted by Gasteiger charge is -2.31. The van der Waals surface area contributed by atoms with Crippen LogP contribution in [-0.4, -0.2) is 32.1 Å². The van der Waals surface area contributed by atoms with Crippen molar-refractivity contribution in [3.63, 3.8) is 0 Å². The van der Waals surface area contributed by atoms with Gasteiger partial charge in [0, 0.05) is 6.04 Å². The molecule has 15 heavy (non-hydrogen) atoms. The molecular weight excluding hydrogens is 194 g/mol. The largest absolute Gasteiger partial charge is 0.473 e. The highest BCUT2D eigenvalue weighted by Gasteiger charge is 2.28. The van der Waals surface area contributed by atoms with Crippen molar-refractivity contribution >= 4 is 11.2 Å².